The minimum atomic E-state index is 0.145. The standard InChI is InChI=1S/C10H18N4/c1-3-14-9(12-7-13-14)10(2)5-4-8(11)6-10/h7-8H,3-6,11H2,1-2H3. The topological polar surface area (TPSA) is 56.7 Å². The molecule has 0 aliphatic heterocycles. The van der Waals surface area contributed by atoms with Gasteiger partial charge in [-0.15, -0.1) is 0 Å². The maximum Gasteiger partial charge on any atom is 0.138 e. The Morgan fingerprint density at radius 2 is 2.50 bits per heavy atom. The second kappa shape index (κ2) is 3.35. The van der Waals surface area contributed by atoms with E-state index < -0.39 is 0 Å². The molecule has 2 atom stereocenters. The number of hydrogen-bond donors (Lipinski definition) is 1. The Morgan fingerprint density at radius 3 is 3.07 bits per heavy atom. The zero-order valence-electron chi connectivity index (χ0n) is 8.90. The van der Waals surface area contributed by atoms with Gasteiger partial charge in [0.25, 0.3) is 0 Å². The molecule has 0 aromatic carbocycles. The van der Waals surface area contributed by atoms with Crippen LogP contribution >= 0.6 is 0 Å². The molecule has 2 rings (SSSR count). The van der Waals surface area contributed by atoms with E-state index in [0.29, 0.717) is 6.04 Å². The summed E-state index contributed by atoms with van der Waals surface area (Å²) in [7, 11) is 0. The molecule has 1 aromatic heterocycles. The lowest BCUT2D eigenvalue weighted by atomic mass is 9.87. The molecule has 4 nitrogen and oxygen atoms in total. The number of rotatable bonds is 2. The molecule has 1 saturated carbocycles. The fourth-order valence-corrected chi connectivity index (χ4v) is 2.45. The highest BCUT2D eigenvalue weighted by molar-refractivity contribution is 5.10. The number of nitrogens with zero attached hydrogens (tertiary/aromatic N) is 3. The molecule has 0 radical (unpaired) electrons. The summed E-state index contributed by atoms with van der Waals surface area (Å²) in [5.74, 6) is 1.10. The van der Waals surface area contributed by atoms with E-state index in [1.165, 1.54) is 0 Å². The lowest BCUT2D eigenvalue weighted by Gasteiger charge is -2.22. The van der Waals surface area contributed by atoms with Gasteiger partial charge in [-0.25, -0.2) is 9.67 Å². The summed E-state index contributed by atoms with van der Waals surface area (Å²) in [5, 5.41) is 4.21. The van der Waals surface area contributed by atoms with E-state index in [4.69, 9.17) is 5.73 Å². The van der Waals surface area contributed by atoms with Crippen LogP contribution in [0, 0.1) is 0 Å². The van der Waals surface area contributed by atoms with E-state index in [-0.39, 0.29) is 5.41 Å². The van der Waals surface area contributed by atoms with Gasteiger partial charge < -0.3 is 5.73 Å². The summed E-state index contributed by atoms with van der Waals surface area (Å²) in [6.07, 6.45) is 4.92. The maximum atomic E-state index is 5.95. The fourth-order valence-electron chi connectivity index (χ4n) is 2.45. The highest BCUT2D eigenvalue weighted by Gasteiger charge is 2.38. The summed E-state index contributed by atoms with van der Waals surface area (Å²) in [5.41, 5.74) is 6.10. The van der Waals surface area contributed by atoms with Crippen LogP contribution < -0.4 is 5.73 Å². The summed E-state index contributed by atoms with van der Waals surface area (Å²) in [6.45, 7) is 5.23. The largest absolute Gasteiger partial charge is 0.328 e. The normalized spacial score (nSPS) is 32.4. The number of aryl methyl sites for hydroxylation is 1. The first-order chi connectivity index (χ1) is 6.65. The van der Waals surface area contributed by atoms with Crippen LogP contribution in [0.3, 0.4) is 0 Å². The van der Waals surface area contributed by atoms with Crippen molar-refractivity contribution in [3.8, 4) is 0 Å². The molecule has 2 unspecified atom stereocenters. The number of hydrogen-bond acceptors (Lipinski definition) is 3. The molecular formula is C10H18N4. The fraction of sp³-hybridized carbons (Fsp3) is 0.800. The van der Waals surface area contributed by atoms with Crippen LogP contribution in [0.1, 0.15) is 38.9 Å². The van der Waals surface area contributed by atoms with E-state index >= 15 is 0 Å². The van der Waals surface area contributed by atoms with Crippen LogP contribution in [0.25, 0.3) is 0 Å². The van der Waals surface area contributed by atoms with Gasteiger partial charge in [0.1, 0.15) is 12.2 Å². The molecule has 1 heterocycles. The van der Waals surface area contributed by atoms with Gasteiger partial charge in [0.15, 0.2) is 0 Å². The number of nitrogens with two attached hydrogens (primary N) is 1. The first kappa shape index (κ1) is 9.65. The molecule has 4 heteroatoms. The lowest BCUT2D eigenvalue weighted by Crippen LogP contribution is -2.26. The minimum absolute atomic E-state index is 0.145. The van der Waals surface area contributed by atoms with E-state index in [1.54, 1.807) is 6.33 Å². The van der Waals surface area contributed by atoms with Crippen molar-refractivity contribution in [1.82, 2.24) is 14.8 Å². The van der Waals surface area contributed by atoms with Crippen LogP contribution in [-0.2, 0) is 12.0 Å². The molecule has 0 saturated heterocycles. The smallest absolute Gasteiger partial charge is 0.138 e. The van der Waals surface area contributed by atoms with Gasteiger partial charge in [-0.2, -0.15) is 5.10 Å². The van der Waals surface area contributed by atoms with Gasteiger partial charge in [0.05, 0.1) is 0 Å². The Bertz CT molecular complexity index is 320. The Hall–Kier alpha value is -0.900. The van der Waals surface area contributed by atoms with Crippen molar-refractivity contribution in [2.75, 3.05) is 0 Å². The molecule has 1 aromatic rings. The van der Waals surface area contributed by atoms with Gasteiger partial charge >= 0.3 is 0 Å². The summed E-state index contributed by atoms with van der Waals surface area (Å²) >= 11 is 0. The zero-order chi connectivity index (χ0) is 10.2. The Labute approximate surface area is 84.5 Å². The maximum absolute atomic E-state index is 5.95. The summed E-state index contributed by atoms with van der Waals surface area (Å²) < 4.78 is 1.98. The van der Waals surface area contributed by atoms with E-state index in [0.717, 1.165) is 31.6 Å². The number of aromatic nitrogens is 3. The predicted molar refractivity (Wildman–Crippen MR) is 54.9 cm³/mol. The average molecular weight is 194 g/mol. The van der Waals surface area contributed by atoms with Gasteiger partial charge in [0, 0.05) is 18.0 Å². The van der Waals surface area contributed by atoms with Crippen LogP contribution in [0.5, 0.6) is 0 Å². The van der Waals surface area contributed by atoms with Gasteiger partial charge in [-0.1, -0.05) is 6.92 Å². The lowest BCUT2D eigenvalue weighted by molar-refractivity contribution is 0.416. The van der Waals surface area contributed by atoms with Crippen LogP contribution in [0.15, 0.2) is 6.33 Å². The Morgan fingerprint density at radius 1 is 1.71 bits per heavy atom. The first-order valence-electron chi connectivity index (χ1n) is 5.29. The Balaban J connectivity index is 2.30. The molecule has 14 heavy (non-hydrogen) atoms. The molecule has 0 amide bonds. The third-order valence-corrected chi connectivity index (χ3v) is 3.23. The van der Waals surface area contributed by atoms with E-state index in [1.807, 2.05) is 4.68 Å². The quantitative estimate of drug-likeness (QED) is 0.766. The van der Waals surface area contributed by atoms with Crippen molar-refractivity contribution in [2.24, 2.45) is 5.73 Å². The van der Waals surface area contributed by atoms with Crippen LogP contribution in [-0.4, -0.2) is 20.8 Å². The van der Waals surface area contributed by atoms with Gasteiger partial charge in [-0.3, -0.25) is 0 Å². The highest BCUT2D eigenvalue weighted by Crippen LogP contribution is 2.38. The van der Waals surface area contributed by atoms with Crippen molar-refractivity contribution in [2.45, 2.75) is 51.1 Å². The van der Waals surface area contributed by atoms with Crippen molar-refractivity contribution in [1.29, 1.82) is 0 Å². The summed E-state index contributed by atoms with van der Waals surface area (Å²) in [6, 6.07) is 0.335. The van der Waals surface area contributed by atoms with E-state index in [2.05, 4.69) is 23.9 Å². The molecule has 1 aliphatic carbocycles. The first-order valence-corrected chi connectivity index (χ1v) is 5.29. The molecule has 1 aliphatic rings. The average Bonchev–Trinajstić information content (AvgIpc) is 2.73. The third-order valence-electron chi connectivity index (χ3n) is 3.23. The van der Waals surface area contributed by atoms with Crippen molar-refractivity contribution in [3.05, 3.63) is 12.2 Å². The van der Waals surface area contributed by atoms with E-state index in [9.17, 15) is 0 Å². The Kier molecular flexibility index (Phi) is 2.31. The molecule has 0 spiro atoms. The minimum Gasteiger partial charge on any atom is -0.328 e. The molecule has 1 fully saturated rings. The summed E-state index contributed by atoms with van der Waals surface area (Å²) in [4.78, 5) is 4.37. The zero-order valence-corrected chi connectivity index (χ0v) is 8.90. The van der Waals surface area contributed by atoms with Crippen molar-refractivity contribution >= 4 is 0 Å². The van der Waals surface area contributed by atoms with Crippen molar-refractivity contribution < 1.29 is 0 Å². The predicted octanol–water partition coefficient (Wildman–Crippen LogP) is 1.07. The van der Waals surface area contributed by atoms with Crippen LogP contribution in [0.4, 0.5) is 0 Å². The monoisotopic (exact) mass is 194 g/mol. The molecule has 78 valence electrons. The second-order valence-corrected chi connectivity index (χ2v) is 4.46. The molecule has 0 bridgehead atoms. The van der Waals surface area contributed by atoms with Crippen molar-refractivity contribution in [3.63, 3.8) is 0 Å². The molecule has 2 N–H and O–H groups in total. The van der Waals surface area contributed by atoms with Gasteiger partial charge in [0.2, 0.25) is 0 Å². The molecular weight excluding hydrogens is 176 g/mol. The van der Waals surface area contributed by atoms with Crippen LogP contribution in [0.2, 0.25) is 0 Å². The second-order valence-electron chi connectivity index (χ2n) is 4.46. The highest BCUT2D eigenvalue weighted by atomic mass is 15.3. The third kappa shape index (κ3) is 1.43. The SMILES string of the molecule is CCn1ncnc1C1(C)CCC(N)C1. The van der Waals surface area contributed by atoms with Gasteiger partial charge in [-0.05, 0) is 26.2 Å².